The third-order valence-electron chi connectivity index (χ3n) is 5.17. The van der Waals surface area contributed by atoms with Crippen LogP contribution in [-0.4, -0.2) is 61.3 Å². The van der Waals surface area contributed by atoms with Crippen LogP contribution in [0, 0.1) is 5.92 Å². The Hall–Kier alpha value is -2.90. The van der Waals surface area contributed by atoms with Crippen LogP contribution in [0.2, 0.25) is 0 Å². The number of esters is 2. The van der Waals surface area contributed by atoms with Crippen molar-refractivity contribution in [3.63, 3.8) is 0 Å². The average molecular weight is 401 g/mol. The molecule has 1 aromatic carbocycles. The Balaban J connectivity index is 1.44. The van der Waals surface area contributed by atoms with E-state index in [9.17, 15) is 14.4 Å². The van der Waals surface area contributed by atoms with Crippen molar-refractivity contribution in [2.75, 3.05) is 37.9 Å². The van der Waals surface area contributed by atoms with Crippen molar-refractivity contribution in [2.24, 2.45) is 11.0 Å². The number of carbonyl (C=O) groups is 3. The Morgan fingerprint density at radius 1 is 1.07 bits per heavy atom. The van der Waals surface area contributed by atoms with E-state index in [1.807, 2.05) is 24.1 Å². The minimum Gasteiger partial charge on any atom is -0.466 e. The summed E-state index contributed by atoms with van der Waals surface area (Å²) in [5.41, 5.74) is 2.39. The standard InChI is InChI=1S/C21H27N3O5/c1-3-28-20(26)17-9-11-23(12-10-17)19(25)14-29-21(27)16-4-6-18(7-5-16)24-13-8-15(2)22-24/h4-7,17H,3,8-14H2,1-2H3. The number of anilines is 1. The van der Waals surface area contributed by atoms with Gasteiger partial charge in [0, 0.05) is 31.8 Å². The van der Waals surface area contributed by atoms with Crippen LogP contribution >= 0.6 is 0 Å². The molecule has 3 rings (SSSR count). The van der Waals surface area contributed by atoms with Gasteiger partial charge in [0.25, 0.3) is 5.91 Å². The first kappa shape index (κ1) is 20.8. The maximum atomic E-state index is 12.3. The van der Waals surface area contributed by atoms with E-state index >= 15 is 0 Å². The molecule has 2 heterocycles. The molecule has 1 fully saturated rings. The summed E-state index contributed by atoms with van der Waals surface area (Å²) in [6.07, 6.45) is 2.07. The van der Waals surface area contributed by atoms with Crippen LogP contribution in [0.3, 0.4) is 0 Å². The molecular formula is C21H27N3O5. The molecule has 0 saturated carbocycles. The van der Waals surface area contributed by atoms with E-state index in [1.165, 1.54) is 0 Å². The number of nitrogens with zero attached hydrogens (tertiary/aromatic N) is 3. The van der Waals surface area contributed by atoms with Crippen LogP contribution in [0.15, 0.2) is 29.4 Å². The molecule has 1 amide bonds. The predicted molar refractivity (Wildman–Crippen MR) is 108 cm³/mol. The van der Waals surface area contributed by atoms with Gasteiger partial charge in [-0.1, -0.05) is 0 Å². The summed E-state index contributed by atoms with van der Waals surface area (Å²) < 4.78 is 10.2. The molecule has 0 atom stereocenters. The van der Waals surface area contributed by atoms with E-state index < -0.39 is 5.97 Å². The molecule has 2 aliphatic rings. The maximum absolute atomic E-state index is 12.3. The number of benzene rings is 1. The fraction of sp³-hybridized carbons (Fsp3) is 0.524. The Bertz CT molecular complexity index is 782. The average Bonchev–Trinajstić information content (AvgIpc) is 3.18. The van der Waals surface area contributed by atoms with Crippen LogP contribution in [0.1, 0.15) is 43.5 Å². The van der Waals surface area contributed by atoms with E-state index in [0.29, 0.717) is 38.1 Å². The lowest BCUT2D eigenvalue weighted by Gasteiger charge is -2.30. The first-order valence-electron chi connectivity index (χ1n) is 10.0. The first-order chi connectivity index (χ1) is 14.0. The zero-order chi connectivity index (χ0) is 20.8. The van der Waals surface area contributed by atoms with Crippen molar-refractivity contribution < 1.29 is 23.9 Å². The SMILES string of the molecule is CCOC(=O)C1CCN(C(=O)COC(=O)c2ccc(N3CCC(C)=N3)cc2)CC1. The van der Waals surface area contributed by atoms with Crippen LogP contribution < -0.4 is 5.01 Å². The van der Waals surface area contributed by atoms with E-state index in [-0.39, 0.29) is 24.4 Å². The molecule has 0 bridgehead atoms. The summed E-state index contributed by atoms with van der Waals surface area (Å²) in [6, 6.07) is 6.99. The molecule has 0 spiro atoms. The fourth-order valence-electron chi connectivity index (χ4n) is 3.46. The van der Waals surface area contributed by atoms with Gasteiger partial charge < -0.3 is 14.4 Å². The Morgan fingerprint density at radius 3 is 2.34 bits per heavy atom. The van der Waals surface area contributed by atoms with Gasteiger partial charge in [0.15, 0.2) is 6.61 Å². The van der Waals surface area contributed by atoms with Crippen LogP contribution in [-0.2, 0) is 19.1 Å². The molecule has 2 aliphatic heterocycles. The lowest BCUT2D eigenvalue weighted by Crippen LogP contribution is -2.42. The summed E-state index contributed by atoms with van der Waals surface area (Å²) in [7, 11) is 0. The van der Waals surface area contributed by atoms with Crippen molar-refractivity contribution in [1.29, 1.82) is 0 Å². The lowest BCUT2D eigenvalue weighted by atomic mass is 9.97. The Labute approximate surface area is 170 Å². The molecule has 0 aliphatic carbocycles. The summed E-state index contributed by atoms with van der Waals surface area (Å²) in [5.74, 6) is -1.15. The molecule has 0 aromatic heterocycles. The van der Waals surface area contributed by atoms with Crippen molar-refractivity contribution in [3.8, 4) is 0 Å². The van der Waals surface area contributed by atoms with Crippen molar-refractivity contribution in [1.82, 2.24) is 4.90 Å². The quantitative estimate of drug-likeness (QED) is 0.679. The third kappa shape index (κ3) is 5.34. The normalized spacial score (nSPS) is 17.1. The highest BCUT2D eigenvalue weighted by Crippen LogP contribution is 2.21. The van der Waals surface area contributed by atoms with Gasteiger partial charge >= 0.3 is 11.9 Å². The number of hydrazone groups is 1. The highest BCUT2D eigenvalue weighted by Gasteiger charge is 2.28. The molecular weight excluding hydrogens is 374 g/mol. The topological polar surface area (TPSA) is 88.5 Å². The number of hydrogen-bond donors (Lipinski definition) is 0. The Morgan fingerprint density at radius 2 is 1.76 bits per heavy atom. The smallest absolute Gasteiger partial charge is 0.338 e. The lowest BCUT2D eigenvalue weighted by molar-refractivity contribution is -0.151. The molecule has 0 radical (unpaired) electrons. The van der Waals surface area contributed by atoms with Gasteiger partial charge in [-0.3, -0.25) is 14.6 Å². The first-order valence-corrected chi connectivity index (χ1v) is 10.0. The fourth-order valence-corrected chi connectivity index (χ4v) is 3.46. The van der Waals surface area contributed by atoms with Crippen molar-refractivity contribution in [2.45, 2.75) is 33.1 Å². The van der Waals surface area contributed by atoms with E-state index in [0.717, 1.165) is 24.4 Å². The number of carbonyl (C=O) groups excluding carboxylic acids is 3. The molecule has 8 heteroatoms. The summed E-state index contributed by atoms with van der Waals surface area (Å²) in [6.45, 7) is 5.58. The molecule has 8 nitrogen and oxygen atoms in total. The summed E-state index contributed by atoms with van der Waals surface area (Å²) in [4.78, 5) is 37.9. The zero-order valence-corrected chi connectivity index (χ0v) is 16.9. The second-order valence-corrected chi connectivity index (χ2v) is 7.24. The third-order valence-corrected chi connectivity index (χ3v) is 5.17. The van der Waals surface area contributed by atoms with E-state index in [1.54, 1.807) is 24.0 Å². The summed E-state index contributed by atoms with van der Waals surface area (Å²) in [5, 5.41) is 6.32. The van der Waals surface area contributed by atoms with Gasteiger partial charge in [-0.05, 0) is 51.0 Å². The molecule has 29 heavy (non-hydrogen) atoms. The van der Waals surface area contributed by atoms with Gasteiger partial charge in [0.1, 0.15) is 0 Å². The highest BCUT2D eigenvalue weighted by molar-refractivity contribution is 5.92. The molecule has 0 unspecified atom stereocenters. The highest BCUT2D eigenvalue weighted by atomic mass is 16.5. The van der Waals surface area contributed by atoms with Crippen LogP contribution in [0.5, 0.6) is 0 Å². The number of rotatable bonds is 6. The number of amides is 1. The van der Waals surface area contributed by atoms with E-state index in [4.69, 9.17) is 9.47 Å². The van der Waals surface area contributed by atoms with Crippen molar-refractivity contribution >= 4 is 29.2 Å². The van der Waals surface area contributed by atoms with Gasteiger partial charge in [0.2, 0.25) is 0 Å². The number of piperidine rings is 1. The largest absolute Gasteiger partial charge is 0.466 e. The zero-order valence-electron chi connectivity index (χ0n) is 16.9. The second kappa shape index (κ2) is 9.54. The van der Waals surface area contributed by atoms with Gasteiger partial charge in [-0.15, -0.1) is 0 Å². The van der Waals surface area contributed by atoms with Gasteiger partial charge in [-0.2, -0.15) is 5.10 Å². The summed E-state index contributed by atoms with van der Waals surface area (Å²) >= 11 is 0. The minimum absolute atomic E-state index is 0.163. The predicted octanol–water partition coefficient (Wildman–Crippen LogP) is 2.23. The number of likely N-dealkylation sites (tertiary alicyclic amines) is 1. The minimum atomic E-state index is -0.535. The molecule has 156 valence electrons. The van der Waals surface area contributed by atoms with Gasteiger partial charge in [-0.25, -0.2) is 4.79 Å². The Kier molecular flexibility index (Phi) is 6.85. The molecule has 1 saturated heterocycles. The monoisotopic (exact) mass is 401 g/mol. The number of ether oxygens (including phenoxy) is 2. The molecule has 1 aromatic rings. The van der Waals surface area contributed by atoms with Crippen LogP contribution in [0.25, 0.3) is 0 Å². The maximum Gasteiger partial charge on any atom is 0.338 e. The second-order valence-electron chi connectivity index (χ2n) is 7.24. The van der Waals surface area contributed by atoms with Gasteiger partial charge in [0.05, 0.1) is 23.8 Å². The van der Waals surface area contributed by atoms with E-state index in [2.05, 4.69) is 5.10 Å². The van der Waals surface area contributed by atoms with Crippen LogP contribution in [0.4, 0.5) is 5.69 Å². The number of hydrogen-bond acceptors (Lipinski definition) is 7. The van der Waals surface area contributed by atoms with Crippen molar-refractivity contribution in [3.05, 3.63) is 29.8 Å². The molecule has 0 N–H and O–H groups in total.